The van der Waals surface area contributed by atoms with E-state index in [2.05, 4.69) is 0 Å². The first kappa shape index (κ1) is 30.3. The van der Waals surface area contributed by atoms with Gasteiger partial charge in [0.25, 0.3) is 0 Å². The van der Waals surface area contributed by atoms with E-state index in [1.165, 1.54) is 13.8 Å². The molecule has 2 aliphatic rings. The Labute approximate surface area is 230 Å². The van der Waals surface area contributed by atoms with E-state index in [4.69, 9.17) is 14.2 Å². The summed E-state index contributed by atoms with van der Waals surface area (Å²) in [4.78, 5) is 51.2. The number of hydrogen-bond donors (Lipinski definition) is 1. The summed E-state index contributed by atoms with van der Waals surface area (Å²) in [7, 11) is 0. The highest BCUT2D eigenvalue weighted by atomic mass is 16.6. The van der Waals surface area contributed by atoms with Crippen molar-refractivity contribution in [2.75, 3.05) is 0 Å². The third kappa shape index (κ3) is 6.67. The van der Waals surface area contributed by atoms with E-state index in [0.29, 0.717) is 11.1 Å². The van der Waals surface area contributed by atoms with Crippen LogP contribution in [0.3, 0.4) is 0 Å². The number of aliphatic hydroxyl groups is 1. The third-order valence-electron chi connectivity index (χ3n) is 7.84. The molecule has 1 aromatic rings. The van der Waals surface area contributed by atoms with Crippen LogP contribution in [0.4, 0.5) is 0 Å². The molecule has 0 amide bonds. The molecule has 0 bridgehead atoms. The fourth-order valence-electron chi connectivity index (χ4n) is 5.73. The Morgan fingerprint density at radius 2 is 1.64 bits per heavy atom. The molecular weight excluding hydrogens is 500 g/mol. The number of allylic oxidation sites excluding steroid dienone is 1. The lowest BCUT2D eigenvalue weighted by molar-refractivity contribution is -0.195. The van der Waals surface area contributed by atoms with Crippen LogP contribution in [-0.2, 0) is 28.6 Å². The van der Waals surface area contributed by atoms with Gasteiger partial charge in [-0.1, -0.05) is 50.3 Å². The van der Waals surface area contributed by atoms with Gasteiger partial charge in [0.15, 0.2) is 5.60 Å². The van der Waals surface area contributed by atoms with Crippen LogP contribution >= 0.6 is 0 Å². The number of aliphatic hydroxyl groups excluding tert-OH is 1. The Hall–Kier alpha value is -3.26. The van der Waals surface area contributed by atoms with Crippen molar-refractivity contribution in [3.05, 3.63) is 59.7 Å². The topological polar surface area (TPSA) is 116 Å². The zero-order valence-corrected chi connectivity index (χ0v) is 23.8. The molecule has 0 radical (unpaired) electrons. The van der Waals surface area contributed by atoms with Crippen LogP contribution < -0.4 is 0 Å². The van der Waals surface area contributed by atoms with Crippen molar-refractivity contribution in [2.45, 2.75) is 85.2 Å². The van der Waals surface area contributed by atoms with Gasteiger partial charge in [-0.2, -0.15) is 0 Å². The number of Topliss-reactive ketones (excluding diaryl/α,β-unsaturated/α-hetero) is 1. The van der Waals surface area contributed by atoms with Crippen LogP contribution in [-0.4, -0.2) is 52.7 Å². The average molecular weight is 541 g/mol. The van der Waals surface area contributed by atoms with E-state index in [1.54, 1.807) is 69.3 Å². The van der Waals surface area contributed by atoms with E-state index in [9.17, 15) is 24.3 Å². The Bertz CT molecular complexity index is 1150. The number of esters is 3. The standard InChI is InChI=1S/C31H40O8/c1-18-13-14-30(6,7)26(35)16-25(34)19(2)15-24-27(38-29(36)23-11-9-8-10-12-23)20(3)17-31(24,39-22(5)33)28(18)37-21(4)32/h8-15,18,20,24-25,27-28,34H,16-17H2,1-7H3/b14-13-,19-15-/t18-,20-,24+,25-,27+,28-,31-/m1/s1. The summed E-state index contributed by atoms with van der Waals surface area (Å²) in [5.41, 5.74) is -1.46. The molecule has 0 aromatic heterocycles. The number of hydrogen-bond acceptors (Lipinski definition) is 8. The second kappa shape index (κ2) is 11.9. The lowest BCUT2D eigenvalue weighted by atomic mass is 9.75. The Morgan fingerprint density at radius 1 is 1.00 bits per heavy atom. The molecule has 212 valence electrons. The fraction of sp³-hybridized carbons (Fsp3) is 0.548. The lowest BCUT2D eigenvalue weighted by Crippen LogP contribution is -2.55. The van der Waals surface area contributed by atoms with Gasteiger partial charge in [0.1, 0.15) is 18.0 Å². The van der Waals surface area contributed by atoms with Crippen LogP contribution in [0.25, 0.3) is 0 Å². The number of carbonyl (C=O) groups excluding carboxylic acids is 4. The average Bonchev–Trinajstić information content (AvgIpc) is 3.10. The highest BCUT2D eigenvalue weighted by molar-refractivity contribution is 5.89. The first-order valence-electron chi connectivity index (χ1n) is 13.4. The maximum atomic E-state index is 13.2. The quantitative estimate of drug-likeness (QED) is 0.335. The van der Waals surface area contributed by atoms with E-state index in [-0.39, 0.29) is 24.5 Å². The Balaban J connectivity index is 2.23. The molecule has 0 unspecified atom stereocenters. The lowest BCUT2D eigenvalue weighted by Gasteiger charge is -2.43. The minimum absolute atomic E-state index is 0.112. The number of benzene rings is 1. The second-order valence-electron chi connectivity index (χ2n) is 11.5. The molecule has 1 aromatic carbocycles. The summed E-state index contributed by atoms with van der Waals surface area (Å²) in [5.74, 6) is -3.40. The van der Waals surface area contributed by atoms with Crippen molar-refractivity contribution in [1.82, 2.24) is 0 Å². The van der Waals surface area contributed by atoms with Crippen molar-refractivity contribution < 1.29 is 38.5 Å². The number of ether oxygens (including phenoxy) is 3. The predicted molar refractivity (Wildman–Crippen MR) is 144 cm³/mol. The zero-order valence-electron chi connectivity index (χ0n) is 23.8. The van der Waals surface area contributed by atoms with Crippen LogP contribution in [0, 0.1) is 23.2 Å². The van der Waals surface area contributed by atoms with Gasteiger partial charge in [-0.05, 0) is 50.8 Å². The largest absolute Gasteiger partial charge is 0.458 e. The minimum Gasteiger partial charge on any atom is -0.458 e. The summed E-state index contributed by atoms with van der Waals surface area (Å²) < 4.78 is 18.0. The molecule has 0 heterocycles. The van der Waals surface area contributed by atoms with Crippen molar-refractivity contribution in [3.8, 4) is 0 Å². The van der Waals surface area contributed by atoms with E-state index in [1.807, 2.05) is 13.8 Å². The summed E-state index contributed by atoms with van der Waals surface area (Å²) in [5, 5.41) is 11.0. The molecule has 0 saturated heterocycles. The Kier molecular flexibility index (Phi) is 9.21. The van der Waals surface area contributed by atoms with Gasteiger partial charge in [-0.25, -0.2) is 4.79 Å². The molecule has 2 aliphatic carbocycles. The Morgan fingerprint density at radius 3 is 2.23 bits per heavy atom. The number of fused-ring (bicyclic) bond motifs is 1. The van der Waals surface area contributed by atoms with Gasteiger partial charge in [0.2, 0.25) is 0 Å². The third-order valence-corrected chi connectivity index (χ3v) is 7.84. The van der Waals surface area contributed by atoms with Crippen molar-refractivity contribution in [2.24, 2.45) is 23.2 Å². The van der Waals surface area contributed by atoms with Crippen LogP contribution in [0.2, 0.25) is 0 Å². The number of carbonyl (C=O) groups is 4. The molecule has 7 atom stereocenters. The first-order chi connectivity index (χ1) is 18.2. The molecule has 39 heavy (non-hydrogen) atoms. The maximum absolute atomic E-state index is 13.2. The summed E-state index contributed by atoms with van der Waals surface area (Å²) >= 11 is 0. The minimum atomic E-state index is -1.41. The molecule has 8 nitrogen and oxygen atoms in total. The second-order valence-corrected chi connectivity index (χ2v) is 11.5. The van der Waals surface area contributed by atoms with Crippen LogP contribution in [0.1, 0.15) is 71.7 Å². The molecule has 1 N–H and O–H groups in total. The highest BCUT2D eigenvalue weighted by Gasteiger charge is 2.62. The van der Waals surface area contributed by atoms with Crippen LogP contribution in [0.15, 0.2) is 54.1 Å². The summed E-state index contributed by atoms with van der Waals surface area (Å²) in [6.07, 6.45) is 2.53. The van der Waals surface area contributed by atoms with E-state index < -0.39 is 59.1 Å². The smallest absolute Gasteiger partial charge is 0.338 e. The summed E-state index contributed by atoms with van der Waals surface area (Å²) in [6.45, 7) is 11.5. The molecule has 0 spiro atoms. The predicted octanol–water partition coefficient (Wildman–Crippen LogP) is 4.60. The molecular formula is C31H40O8. The zero-order chi connectivity index (χ0) is 29.1. The van der Waals surface area contributed by atoms with Gasteiger partial charge in [-0.15, -0.1) is 0 Å². The molecule has 1 saturated carbocycles. The van der Waals surface area contributed by atoms with Gasteiger partial charge >= 0.3 is 17.9 Å². The molecule has 3 rings (SSSR count). The van der Waals surface area contributed by atoms with Crippen molar-refractivity contribution in [3.63, 3.8) is 0 Å². The SMILES string of the molecule is CC(=O)O[C@@H]1[C@H](C)/C=C\C(C)(C)C(=O)C[C@@H](O)/C(C)=C\[C@H]2[C@@H](OC(=O)c3ccccc3)[C@H](C)C[C@]12OC(C)=O. The van der Waals surface area contributed by atoms with Gasteiger partial charge < -0.3 is 19.3 Å². The first-order valence-corrected chi connectivity index (χ1v) is 13.4. The monoisotopic (exact) mass is 540 g/mol. The normalized spacial score (nSPS) is 34.8. The summed E-state index contributed by atoms with van der Waals surface area (Å²) in [6, 6.07) is 8.56. The number of rotatable bonds is 4. The highest BCUT2D eigenvalue weighted by Crippen LogP contribution is 2.51. The van der Waals surface area contributed by atoms with Crippen molar-refractivity contribution >= 4 is 23.7 Å². The van der Waals surface area contributed by atoms with Crippen LogP contribution in [0.5, 0.6) is 0 Å². The van der Waals surface area contributed by atoms with Gasteiger partial charge in [-0.3, -0.25) is 14.4 Å². The number of ketones is 1. The van der Waals surface area contributed by atoms with E-state index >= 15 is 0 Å². The molecule has 0 aliphatic heterocycles. The molecule has 1 fully saturated rings. The molecule has 8 heteroatoms. The van der Waals surface area contributed by atoms with Gasteiger partial charge in [0, 0.05) is 31.6 Å². The fourth-order valence-corrected chi connectivity index (χ4v) is 5.73. The van der Waals surface area contributed by atoms with Gasteiger partial charge in [0.05, 0.1) is 17.6 Å². The van der Waals surface area contributed by atoms with E-state index in [0.717, 1.165) is 0 Å². The van der Waals surface area contributed by atoms with Crippen molar-refractivity contribution in [1.29, 1.82) is 0 Å². The maximum Gasteiger partial charge on any atom is 0.338 e.